The van der Waals surface area contributed by atoms with Crippen molar-refractivity contribution in [2.45, 2.75) is 32.7 Å². The number of nitrogens with one attached hydrogen (secondary N) is 1. The molecule has 0 saturated heterocycles. The molecule has 0 aliphatic heterocycles. The van der Waals surface area contributed by atoms with E-state index in [1.807, 2.05) is 40.9 Å². The number of ether oxygens (including phenoxy) is 1. The summed E-state index contributed by atoms with van der Waals surface area (Å²) in [6.07, 6.45) is 5.26. The van der Waals surface area contributed by atoms with Crippen molar-refractivity contribution in [3.8, 4) is 5.75 Å². The van der Waals surface area contributed by atoms with E-state index in [-0.39, 0.29) is 5.91 Å². The zero-order chi connectivity index (χ0) is 17.5. The summed E-state index contributed by atoms with van der Waals surface area (Å²) in [6, 6.07) is 12.9. The van der Waals surface area contributed by atoms with Crippen LogP contribution in [0.3, 0.4) is 0 Å². The molecule has 6 nitrogen and oxygen atoms in total. The van der Waals surface area contributed by atoms with E-state index in [2.05, 4.69) is 22.4 Å². The van der Waals surface area contributed by atoms with Crippen molar-refractivity contribution in [1.82, 2.24) is 19.9 Å². The minimum Gasteiger partial charge on any atom is -0.494 e. The third-order valence-electron chi connectivity index (χ3n) is 3.92. The van der Waals surface area contributed by atoms with Gasteiger partial charge in [-0.15, -0.1) is 10.2 Å². The molecule has 3 rings (SSSR count). The Morgan fingerprint density at radius 3 is 2.76 bits per heavy atom. The number of fused-ring (bicyclic) bond motifs is 1. The number of hydrogen-bond donors (Lipinski definition) is 1. The van der Waals surface area contributed by atoms with Gasteiger partial charge < -0.3 is 10.1 Å². The molecule has 2 aromatic heterocycles. The van der Waals surface area contributed by atoms with Crippen LogP contribution in [-0.4, -0.2) is 27.1 Å². The van der Waals surface area contributed by atoms with E-state index >= 15 is 0 Å². The lowest BCUT2D eigenvalue weighted by Gasteiger charge is -2.07. The van der Waals surface area contributed by atoms with Crippen LogP contribution >= 0.6 is 0 Å². The van der Waals surface area contributed by atoms with Gasteiger partial charge in [-0.1, -0.05) is 25.8 Å². The maximum absolute atomic E-state index is 12.3. The molecule has 0 unspecified atom stereocenters. The number of aromatic nitrogens is 3. The van der Waals surface area contributed by atoms with E-state index < -0.39 is 0 Å². The summed E-state index contributed by atoms with van der Waals surface area (Å²) in [7, 11) is 0. The first-order valence-electron chi connectivity index (χ1n) is 8.57. The number of amides is 1. The van der Waals surface area contributed by atoms with Crippen LogP contribution in [0.1, 0.15) is 42.4 Å². The molecule has 0 aliphatic carbocycles. The normalized spacial score (nSPS) is 10.8. The Morgan fingerprint density at radius 2 is 1.96 bits per heavy atom. The van der Waals surface area contributed by atoms with Gasteiger partial charge in [0.15, 0.2) is 11.5 Å². The Balaban J connectivity index is 1.54. The minimum atomic E-state index is -0.148. The van der Waals surface area contributed by atoms with Crippen LogP contribution in [-0.2, 0) is 6.54 Å². The second-order valence-corrected chi connectivity index (χ2v) is 5.81. The highest BCUT2D eigenvalue weighted by atomic mass is 16.5. The molecular weight excluding hydrogens is 316 g/mol. The van der Waals surface area contributed by atoms with Gasteiger partial charge in [-0.2, -0.15) is 0 Å². The second kappa shape index (κ2) is 8.28. The van der Waals surface area contributed by atoms with Crippen molar-refractivity contribution < 1.29 is 9.53 Å². The molecule has 2 heterocycles. The minimum absolute atomic E-state index is 0.148. The molecule has 3 aromatic rings. The summed E-state index contributed by atoms with van der Waals surface area (Å²) in [5.74, 6) is 1.33. The molecule has 0 atom stereocenters. The van der Waals surface area contributed by atoms with Gasteiger partial charge in [-0.05, 0) is 42.8 Å². The largest absolute Gasteiger partial charge is 0.494 e. The summed E-state index contributed by atoms with van der Waals surface area (Å²) in [6.45, 7) is 3.19. The molecule has 0 bridgehead atoms. The number of unbranched alkanes of at least 4 members (excludes halogenated alkanes) is 2. The number of benzene rings is 1. The zero-order valence-electron chi connectivity index (χ0n) is 14.3. The number of carbonyl (C=O) groups excluding carboxylic acids is 1. The highest BCUT2D eigenvalue weighted by molar-refractivity contribution is 5.94. The van der Waals surface area contributed by atoms with Crippen molar-refractivity contribution in [3.63, 3.8) is 0 Å². The third kappa shape index (κ3) is 4.35. The maximum atomic E-state index is 12.3. The molecule has 1 N–H and O–H groups in total. The predicted molar refractivity (Wildman–Crippen MR) is 95.6 cm³/mol. The molecular formula is C19H22N4O2. The van der Waals surface area contributed by atoms with Gasteiger partial charge in [0.25, 0.3) is 5.91 Å². The second-order valence-electron chi connectivity index (χ2n) is 5.81. The molecule has 0 spiro atoms. The van der Waals surface area contributed by atoms with Crippen LogP contribution < -0.4 is 10.1 Å². The van der Waals surface area contributed by atoms with E-state index in [4.69, 9.17) is 4.74 Å². The molecule has 0 aliphatic rings. The predicted octanol–water partition coefficient (Wildman–Crippen LogP) is 3.23. The maximum Gasteiger partial charge on any atom is 0.251 e. The first-order valence-corrected chi connectivity index (χ1v) is 8.57. The van der Waals surface area contributed by atoms with Crippen molar-refractivity contribution >= 4 is 11.6 Å². The van der Waals surface area contributed by atoms with Crippen LogP contribution in [0.15, 0.2) is 48.7 Å². The van der Waals surface area contributed by atoms with Gasteiger partial charge >= 0.3 is 0 Å². The van der Waals surface area contributed by atoms with Crippen molar-refractivity contribution in [2.75, 3.05) is 6.61 Å². The number of hydrogen-bond acceptors (Lipinski definition) is 4. The molecule has 0 radical (unpaired) electrons. The number of carbonyl (C=O) groups is 1. The van der Waals surface area contributed by atoms with Gasteiger partial charge in [0, 0.05) is 11.8 Å². The lowest BCUT2D eigenvalue weighted by atomic mass is 10.2. The van der Waals surface area contributed by atoms with Crippen molar-refractivity contribution in [1.29, 1.82) is 0 Å². The van der Waals surface area contributed by atoms with Gasteiger partial charge in [0.1, 0.15) is 5.75 Å². The number of nitrogens with zero attached hydrogens (tertiary/aromatic N) is 3. The first kappa shape index (κ1) is 17.0. The lowest BCUT2D eigenvalue weighted by molar-refractivity contribution is 0.0949. The van der Waals surface area contributed by atoms with Crippen LogP contribution in [0.25, 0.3) is 5.65 Å². The van der Waals surface area contributed by atoms with E-state index in [9.17, 15) is 4.79 Å². The summed E-state index contributed by atoms with van der Waals surface area (Å²) in [5.41, 5.74) is 1.35. The average molecular weight is 338 g/mol. The Morgan fingerprint density at radius 1 is 1.12 bits per heavy atom. The Labute approximate surface area is 146 Å². The smallest absolute Gasteiger partial charge is 0.251 e. The van der Waals surface area contributed by atoms with E-state index in [0.717, 1.165) is 24.2 Å². The molecule has 130 valence electrons. The Bertz CT molecular complexity index is 827. The van der Waals surface area contributed by atoms with Gasteiger partial charge in [0.2, 0.25) is 0 Å². The molecule has 1 aromatic carbocycles. The van der Waals surface area contributed by atoms with Gasteiger partial charge in [-0.3, -0.25) is 9.20 Å². The van der Waals surface area contributed by atoms with Crippen molar-refractivity contribution in [3.05, 3.63) is 60.0 Å². The van der Waals surface area contributed by atoms with Gasteiger partial charge in [0.05, 0.1) is 13.2 Å². The topological polar surface area (TPSA) is 68.5 Å². The Hall–Kier alpha value is -2.89. The van der Waals surface area contributed by atoms with Crippen LogP contribution in [0.4, 0.5) is 0 Å². The fourth-order valence-electron chi connectivity index (χ4n) is 2.52. The highest BCUT2D eigenvalue weighted by Crippen LogP contribution is 2.13. The molecule has 0 fully saturated rings. The third-order valence-corrected chi connectivity index (χ3v) is 3.92. The molecule has 25 heavy (non-hydrogen) atoms. The molecule has 0 saturated carbocycles. The van der Waals surface area contributed by atoms with Crippen LogP contribution in [0.5, 0.6) is 5.75 Å². The fraction of sp³-hybridized carbons (Fsp3) is 0.316. The van der Waals surface area contributed by atoms with Gasteiger partial charge in [-0.25, -0.2) is 0 Å². The van der Waals surface area contributed by atoms with Crippen LogP contribution in [0.2, 0.25) is 0 Å². The van der Waals surface area contributed by atoms with E-state index in [0.29, 0.717) is 24.5 Å². The molecule has 1 amide bonds. The SMILES string of the molecule is CCCCCOc1ccc(C(=O)NCc2nnc3ccccn23)cc1. The average Bonchev–Trinajstić information content (AvgIpc) is 3.07. The summed E-state index contributed by atoms with van der Waals surface area (Å²) >= 11 is 0. The number of pyridine rings is 1. The quantitative estimate of drug-likeness (QED) is 0.640. The monoisotopic (exact) mass is 338 g/mol. The lowest BCUT2D eigenvalue weighted by Crippen LogP contribution is -2.23. The summed E-state index contributed by atoms with van der Waals surface area (Å²) < 4.78 is 7.51. The molecule has 6 heteroatoms. The summed E-state index contributed by atoms with van der Waals surface area (Å²) in [5, 5.41) is 11.0. The highest BCUT2D eigenvalue weighted by Gasteiger charge is 2.09. The number of rotatable bonds is 8. The first-order chi connectivity index (χ1) is 12.3. The Kier molecular flexibility index (Phi) is 5.61. The summed E-state index contributed by atoms with van der Waals surface area (Å²) in [4.78, 5) is 12.3. The van der Waals surface area contributed by atoms with E-state index in [1.54, 1.807) is 12.1 Å². The standard InChI is InChI=1S/C19H22N4O2/c1-2-3-6-13-25-16-10-8-15(9-11-16)19(24)20-14-18-22-21-17-7-4-5-12-23(17)18/h4-5,7-12H,2-3,6,13-14H2,1H3,(H,20,24). The van der Waals surface area contributed by atoms with E-state index in [1.165, 1.54) is 6.42 Å². The van der Waals surface area contributed by atoms with Crippen LogP contribution in [0, 0.1) is 0 Å². The fourth-order valence-corrected chi connectivity index (χ4v) is 2.52. The zero-order valence-corrected chi connectivity index (χ0v) is 14.3. The van der Waals surface area contributed by atoms with Crippen molar-refractivity contribution in [2.24, 2.45) is 0 Å².